The van der Waals surface area contributed by atoms with Gasteiger partial charge < -0.3 is 15.5 Å². The van der Waals surface area contributed by atoms with Gasteiger partial charge >= 0.3 is 0 Å². The Morgan fingerprint density at radius 3 is 2.57 bits per heavy atom. The molecule has 0 aliphatic carbocycles. The van der Waals surface area contributed by atoms with E-state index >= 15 is 0 Å². The number of piperidine rings is 2. The van der Waals surface area contributed by atoms with Crippen LogP contribution in [0, 0.1) is 11.3 Å². The fourth-order valence-corrected chi connectivity index (χ4v) is 3.64. The van der Waals surface area contributed by atoms with Crippen LogP contribution >= 0.6 is 0 Å². The van der Waals surface area contributed by atoms with Gasteiger partial charge in [-0.25, -0.2) is 0 Å². The Morgan fingerprint density at radius 1 is 1.29 bits per heavy atom. The summed E-state index contributed by atoms with van der Waals surface area (Å²) in [5.41, 5.74) is -0.256. The molecule has 2 heterocycles. The summed E-state index contributed by atoms with van der Waals surface area (Å²) >= 11 is 0. The largest absolute Gasteiger partial charge is 0.353 e. The minimum atomic E-state index is -0.256. The van der Waals surface area contributed by atoms with Crippen LogP contribution < -0.4 is 10.6 Å². The second-order valence-corrected chi connectivity index (χ2v) is 7.35. The molecule has 2 rings (SSSR count). The van der Waals surface area contributed by atoms with Gasteiger partial charge in [0, 0.05) is 24.5 Å². The van der Waals surface area contributed by atoms with Crippen molar-refractivity contribution in [3.8, 4) is 0 Å². The third-order valence-electron chi connectivity index (χ3n) is 5.37. The molecule has 4 heteroatoms. The third-order valence-corrected chi connectivity index (χ3v) is 5.37. The molecule has 0 spiro atoms. The molecule has 2 aliphatic rings. The average Bonchev–Trinajstić information content (AvgIpc) is 2.50. The predicted octanol–water partition coefficient (Wildman–Crippen LogP) is 2.00. The van der Waals surface area contributed by atoms with Crippen LogP contribution in [0.1, 0.15) is 52.9 Å². The molecule has 2 N–H and O–H groups in total. The SMILES string of the molecule is CCCN1CCC(NC(=O)C(C)(C)C2CCCNC2)CC1. The Hall–Kier alpha value is -0.610. The van der Waals surface area contributed by atoms with E-state index in [1.54, 1.807) is 0 Å². The van der Waals surface area contributed by atoms with Crippen LogP contribution in [0.15, 0.2) is 0 Å². The van der Waals surface area contributed by atoms with Gasteiger partial charge in [-0.1, -0.05) is 20.8 Å². The van der Waals surface area contributed by atoms with Crippen molar-refractivity contribution >= 4 is 5.91 Å². The Kier molecular flexibility index (Phi) is 6.06. The van der Waals surface area contributed by atoms with E-state index in [2.05, 4.69) is 36.3 Å². The number of carbonyl (C=O) groups is 1. The standard InChI is InChI=1S/C17H33N3O/c1-4-10-20-11-7-15(8-12-20)19-16(21)17(2,3)14-6-5-9-18-13-14/h14-15,18H,4-13H2,1-3H3,(H,19,21). The molecule has 0 bridgehead atoms. The maximum atomic E-state index is 12.7. The maximum Gasteiger partial charge on any atom is 0.226 e. The fraction of sp³-hybridized carbons (Fsp3) is 0.941. The summed E-state index contributed by atoms with van der Waals surface area (Å²) in [6.07, 6.45) is 5.79. The molecule has 21 heavy (non-hydrogen) atoms. The van der Waals surface area contributed by atoms with Gasteiger partial charge in [0.05, 0.1) is 0 Å². The normalized spacial score (nSPS) is 25.8. The van der Waals surface area contributed by atoms with Gasteiger partial charge in [-0.15, -0.1) is 0 Å². The minimum Gasteiger partial charge on any atom is -0.353 e. The first-order valence-corrected chi connectivity index (χ1v) is 8.78. The minimum absolute atomic E-state index is 0.255. The van der Waals surface area contributed by atoms with Crippen molar-refractivity contribution in [2.45, 2.75) is 58.9 Å². The van der Waals surface area contributed by atoms with E-state index in [1.165, 1.54) is 25.8 Å². The van der Waals surface area contributed by atoms with Crippen molar-refractivity contribution in [1.82, 2.24) is 15.5 Å². The summed E-state index contributed by atoms with van der Waals surface area (Å²) in [7, 11) is 0. The van der Waals surface area contributed by atoms with E-state index in [-0.39, 0.29) is 11.3 Å². The van der Waals surface area contributed by atoms with Gasteiger partial charge in [-0.05, 0) is 57.7 Å². The van der Waals surface area contributed by atoms with Crippen LogP contribution in [0.25, 0.3) is 0 Å². The molecule has 0 saturated carbocycles. The van der Waals surface area contributed by atoms with Gasteiger partial charge in [-0.3, -0.25) is 4.79 Å². The van der Waals surface area contributed by atoms with Crippen molar-refractivity contribution in [3.05, 3.63) is 0 Å². The van der Waals surface area contributed by atoms with Crippen molar-refractivity contribution in [3.63, 3.8) is 0 Å². The highest BCUT2D eigenvalue weighted by Crippen LogP contribution is 2.32. The zero-order valence-electron chi connectivity index (χ0n) is 14.1. The monoisotopic (exact) mass is 295 g/mol. The molecule has 0 aromatic rings. The van der Waals surface area contributed by atoms with Gasteiger partial charge in [-0.2, -0.15) is 0 Å². The van der Waals surface area contributed by atoms with E-state index in [0.29, 0.717) is 12.0 Å². The molecular formula is C17H33N3O. The van der Waals surface area contributed by atoms with E-state index in [4.69, 9.17) is 0 Å². The topological polar surface area (TPSA) is 44.4 Å². The van der Waals surface area contributed by atoms with Gasteiger partial charge in [0.25, 0.3) is 0 Å². The zero-order valence-corrected chi connectivity index (χ0v) is 14.1. The van der Waals surface area contributed by atoms with E-state index in [0.717, 1.165) is 39.0 Å². The molecule has 4 nitrogen and oxygen atoms in total. The highest BCUT2D eigenvalue weighted by molar-refractivity contribution is 5.82. The molecule has 2 fully saturated rings. The molecule has 1 unspecified atom stereocenters. The average molecular weight is 295 g/mol. The summed E-state index contributed by atoms with van der Waals surface area (Å²) in [5, 5.41) is 6.76. The smallest absolute Gasteiger partial charge is 0.226 e. The maximum absolute atomic E-state index is 12.7. The Bertz CT molecular complexity index is 329. The molecule has 0 aromatic carbocycles. The number of nitrogens with one attached hydrogen (secondary N) is 2. The molecule has 0 radical (unpaired) electrons. The lowest BCUT2D eigenvalue weighted by Gasteiger charge is -2.38. The van der Waals surface area contributed by atoms with Crippen LogP contribution in [-0.2, 0) is 4.79 Å². The van der Waals surface area contributed by atoms with Gasteiger partial charge in [0.1, 0.15) is 0 Å². The fourth-order valence-electron chi connectivity index (χ4n) is 3.64. The van der Waals surface area contributed by atoms with Crippen molar-refractivity contribution < 1.29 is 4.79 Å². The number of amides is 1. The summed E-state index contributed by atoms with van der Waals surface area (Å²) in [6.45, 7) is 12.0. The lowest BCUT2D eigenvalue weighted by atomic mass is 9.74. The lowest BCUT2D eigenvalue weighted by molar-refractivity contribution is -0.133. The summed E-state index contributed by atoms with van der Waals surface area (Å²) < 4.78 is 0. The predicted molar refractivity (Wildman–Crippen MR) is 87.3 cm³/mol. The highest BCUT2D eigenvalue weighted by atomic mass is 16.2. The van der Waals surface area contributed by atoms with Gasteiger partial charge in [0.2, 0.25) is 5.91 Å². The van der Waals surface area contributed by atoms with Crippen LogP contribution in [0.2, 0.25) is 0 Å². The quantitative estimate of drug-likeness (QED) is 0.815. The van der Waals surface area contributed by atoms with Gasteiger partial charge in [0.15, 0.2) is 0 Å². The number of likely N-dealkylation sites (tertiary alicyclic amines) is 1. The number of rotatable bonds is 5. The molecule has 122 valence electrons. The van der Waals surface area contributed by atoms with E-state index < -0.39 is 0 Å². The summed E-state index contributed by atoms with van der Waals surface area (Å²) in [5.74, 6) is 0.719. The number of carbonyl (C=O) groups excluding carboxylic acids is 1. The van der Waals surface area contributed by atoms with Crippen LogP contribution in [0.5, 0.6) is 0 Å². The number of hydrogen-bond donors (Lipinski definition) is 2. The van der Waals surface area contributed by atoms with Crippen molar-refractivity contribution in [1.29, 1.82) is 0 Å². The summed E-state index contributed by atoms with van der Waals surface area (Å²) in [4.78, 5) is 15.2. The second kappa shape index (κ2) is 7.59. The van der Waals surface area contributed by atoms with Crippen LogP contribution in [0.4, 0.5) is 0 Å². The van der Waals surface area contributed by atoms with Crippen LogP contribution in [0.3, 0.4) is 0 Å². The van der Waals surface area contributed by atoms with E-state index in [9.17, 15) is 4.79 Å². The molecule has 2 aliphatic heterocycles. The number of hydrogen-bond acceptors (Lipinski definition) is 3. The number of nitrogens with zero attached hydrogens (tertiary/aromatic N) is 1. The Balaban J connectivity index is 1.80. The lowest BCUT2D eigenvalue weighted by Crippen LogP contribution is -2.52. The summed E-state index contributed by atoms with van der Waals surface area (Å²) in [6, 6.07) is 0.376. The Labute approximate surface area is 130 Å². The highest BCUT2D eigenvalue weighted by Gasteiger charge is 2.38. The first-order valence-electron chi connectivity index (χ1n) is 8.78. The zero-order chi connectivity index (χ0) is 15.3. The van der Waals surface area contributed by atoms with Crippen molar-refractivity contribution in [2.24, 2.45) is 11.3 Å². The van der Waals surface area contributed by atoms with Crippen LogP contribution in [-0.4, -0.2) is 49.6 Å². The first kappa shape index (κ1) is 16.8. The molecule has 1 amide bonds. The third kappa shape index (κ3) is 4.43. The molecular weight excluding hydrogens is 262 g/mol. The molecule has 0 aromatic heterocycles. The van der Waals surface area contributed by atoms with Crippen molar-refractivity contribution in [2.75, 3.05) is 32.7 Å². The molecule has 2 saturated heterocycles. The molecule has 1 atom stereocenters. The Morgan fingerprint density at radius 2 is 2.00 bits per heavy atom. The van der Waals surface area contributed by atoms with E-state index in [1.807, 2.05) is 0 Å². The first-order chi connectivity index (χ1) is 10.0. The second-order valence-electron chi connectivity index (χ2n) is 7.35.